The van der Waals surface area contributed by atoms with E-state index >= 15 is 0 Å². The van der Waals surface area contributed by atoms with Crippen LogP contribution in [-0.2, 0) is 4.79 Å². The predicted octanol–water partition coefficient (Wildman–Crippen LogP) is 3.89. The summed E-state index contributed by atoms with van der Waals surface area (Å²) in [6, 6.07) is 7.72. The Labute approximate surface area is 198 Å². The lowest BCUT2D eigenvalue weighted by Crippen LogP contribution is -2.39. The molecule has 0 bridgehead atoms. The maximum atomic E-state index is 13.4. The summed E-state index contributed by atoms with van der Waals surface area (Å²) in [4.78, 5) is 30.4. The van der Waals surface area contributed by atoms with Gasteiger partial charge in [0, 0.05) is 17.3 Å². The van der Waals surface area contributed by atoms with Crippen molar-refractivity contribution in [2.45, 2.75) is 25.9 Å². The normalized spacial score (nSPS) is 14.6. The maximum Gasteiger partial charge on any atom is 0.586 e. The highest BCUT2D eigenvalue weighted by atomic mass is 32.1. The standard InChI is InChI=1S/C21H16F4N4O5S/c1-9(18(27)31)29(11-4-7-13-14(8-11)34-21(24,25)33-13)20-28-17(26)16(35-20)15(30)10-2-5-12(6-3-10)32-19(22)23/h2-9,19H,26H2,1H3,(H2,27,31). The number of aromatic nitrogens is 1. The lowest BCUT2D eigenvalue weighted by molar-refractivity contribution is -0.286. The molecule has 1 atom stereocenters. The monoisotopic (exact) mass is 512 g/mol. The number of hydrogen-bond acceptors (Lipinski definition) is 9. The van der Waals surface area contributed by atoms with Gasteiger partial charge in [-0.15, -0.1) is 8.78 Å². The van der Waals surface area contributed by atoms with Crippen molar-refractivity contribution in [2.24, 2.45) is 5.73 Å². The van der Waals surface area contributed by atoms with E-state index in [2.05, 4.69) is 19.2 Å². The molecular weight excluding hydrogens is 496 g/mol. The van der Waals surface area contributed by atoms with E-state index in [1.54, 1.807) is 0 Å². The highest BCUT2D eigenvalue weighted by Gasteiger charge is 2.44. The molecule has 0 radical (unpaired) electrons. The first kappa shape index (κ1) is 24.1. The summed E-state index contributed by atoms with van der Waals surface area (Å²) in [5.74, 6) is -2.13. The molecule has 2 heterocycles. The summed E-state index contributed by atoms with van der Waals surface area (Å²) < 4.78 is 64.7. The zero-order chi connectivity index (χ0) is 25.5. The van der Waals surface area contributed by atoms with Crippen molar-refractivity contribution in [3.05, 3.63) is 52.9 Å². The molecule has 1 aliphatic rings. The van der Waals surface area contributed by atoms with Crippen LogP contribution in [-0.4, -0.2) is 35.6 Å². The number of hydrogen-bond donors (Lipinski definition) is 2. The van der Waals surface area contributed by atoms with Gasteiger partial charge in [-0.25, -0.2) is 4.98 Å². The number of ketones is 1. The van der Waals surface area contributed by atoms with Crippen molar-refractivity contribution in [1.29, 1.82) is 0 Å². The minimum Gasteiger partial charge on any atom is -0.435 e. The second-order valence-corrected chi connectivity index (χ2v) is 8.17. The molecule has 1 amide bonds. The average Bonchev–Trinajstić information content (AvgIpc) is 3.30. The van der Waals surface area contributed by atoms with E-state index in [4.69, 9.17) is 11.5 Å². The maximum absolute atomic E-state index is 13.4. The van der Waals surface area contributed by atoms with E-state index in [0.717, 1.165) is 11.3 Å². The van der Waals surface area contributed by atoms with Crippen molar-refractivity contribution < 1.29 is 41.4 Å². The molecule has 9 nitrogen and oxygen atoms in total. The Morgan fingerprint density at radius 1 is 1.11 bits per heavy atom. The van der Waals surface area contributed by atoms with Crippen LogP contribution in [0.5, 0.6) is 17.2 Å². The van der Waals surface area contributed by atoms with E-state index in [9.17, 15) is 27.2 Å². The zero-order valence-electron chi connectivity index (χ0n) is 17.7. The second kappa shape index (κ2) is 8.94. The third-order valence-corrected chi connectivity index (χ3v) is 5.93. The first-order valence-electron chi connectivity index (χ1n) is 9.79. The van der Waals surface area contributed by atoms with Crippen LogP contribution in [0.25, 0.3) is 0 Å². The fourth-order valence-corrected chi connectivity index (χ4v) is 4.27. The Morgan fingerprint density at radius 2 is 1.77 bits per heavy atom. The highest BCUT2D eigenvalue weighted by molar-refractivity contribution is 7.18. The Bertz CT molecular complexity index is 1290. The lowest BCUT2D eigenvalue weighted by atomic mass is 10.1. The van der Waals surface area contributed by atoms with E-state index in [1.165, 1.54) is 54.3 Å². The topological polar surface area (TPSA) is 130 Å². The summed E-state index contributed by atoms with van der Waals surface area (Å²) in [5, 5.41) is 0.0698. The number of carbonyl (C=O) groups excluding carboxylic acids is 2. The molecule has 0 saturated carbocycles. The number of nitrogen functional groups attached to an aromatic ring is 1. The van der Waals surface area contributed by atoms with Gasteiger partial charge in [0.2, 0.25) is 11.7 Å². The predicted molar refractivity (Wildman–Crippen MR) is 116 cm³/mol. The summed E-state index contributed by atoms with van der Waals surface area (Å²) in [6.07, 6.45) is -3.85. The van der Waals surface area contributed by atoms with Gasteiger partial charge in [-0.1, -0.05) is 11.3 Å². The first-order chi connectivity index (χ1) is 16.4. The van der Waals surface area contributed by atoms with Gasteiger partial charge in [0.15, 0.2) is 16.6 Å². The van der Waals surface area contributed by atoms with Gasteiger partial charge in [-0.3, -0.25) is 9.59 Å². The molecule has 184 valence electrons. The number of nitrogens with two attached hydrogens (primary N) is 2. The van der Waals surface area contributed by atoms with Crippen LogP contribution in [0.1, 0.15) is 22.2 Å². The van der Waals surface area contributed by atoms with Crippen LogP contribution < -0.4 is 30.6 Å². The van der Waals surface area contributed by atoms with Gasteiger partial charge >= 0.3 is 12.9 Å². The second-order valence-electron chi connectivity index (χ2n) is 7.19. The molecule has 3 aromatic rings. The molecule has 1 aromatic heterocycles. The summed E-state index contributed by atoms with van der Waals surface area (Å²) in [7, 11) is 0. The van der Waals surface area contributed by atoms with E-state index in [1.807, 2.05) is 0 Å². The summed E-state index contributed by atoms with van der Waals surface area (Å²) in [5.41, 5.74) is 11.7. The van der Waals surface area contributed by atoms with Gasteiger partial charge in [-0.05, 0) is 43.3 Å². The third kappa shape index (κ3) is 4.91. The fraction of sp³-hybridized carbons (Fsp3) is 0.190. The molecule has 4 rings (SSSR count). The van der Waals surface area contributed by atoms with Crippen molar-refractivity contribution in [1.82, 2.24) is 4.98 Å². The van der Waals surface area contributed by atoms with Crippen LogP contribution in [0.15, 0.2) is 42.5 Å². The van der Waals surface area contributed by atoms with Crippen LogP contribution in [0.4, 0.5) is 34.2 Å². The summed E-state index contributed by atoms with van der Waals surface area (Å²) in [6.45, 7) is -1.57. The molecule has 14 heteroatoms. The number of carbonyl (C=O) groups is 2. The molecular formula is C21H16F4N4O5S. The largest absolute Gasteiger partial charge is 0.586 e. The number of halogens is 4. The van der Waals surface area contributed by atoms with E-state index in [0.29, 0.717) is 0 Å². The highest BCUT2D eigenvalue weighted by Crippen LogP contribution is 2.45. The third-order valence-electron chi connectivity index (χ3n) is 4.86. The van der Waals surface area contributed by atoms with E-state index in [-0.39, 0.29) is 44.3 Å². The van der Waals surface area contributed by atoms with Crippen LogP contribution in [0.2, 0.25) is 0 Å². The SMILES string of the molecule is CC(C(N)=O)N(c1ccc2c(c1)OC(F)(F)O2)c1nc(N)c(C(=O)c2ccc(OC(F)F)cc2)s1. The van der Waals surface area contributed by atoms with Gasteiger partial charge in [0.1, 0.15) is 22.5 Å². The molecule has 1 unspecified atom stereocenters. The molecule has 0 spiro atoms. The van der Waals surface area contributed by atoms with Crippen molar-refractivity contribution in [3.8, 4) is 17.2 Å². The number of primary amides is 1. The van der Waals surface area contributed by atoms with Crippen molar-refractivity contribution in [3.63, 3.8) is 0 Å². The Balaban J connectivity index is 1.68. The number of rotatable bonds is 8. The average molecular weight is 512 g/mol. The molecule has 35 heavy (non-hydrogen) atoms. The van der Waals surface area contributed by atoms with Crippen LogP contribution >= 0.6 is 11.3 Å². The fourth-order valence-electron chi connectivity index (χ4n) is 3.22. The Hall–Kier alpha value is -4.07. The van der Waals surface area contributed by atoms with Gasteiger partial charge in [0.05, 0.1) is 0 Å². The van der Waals surface area contributed by atoms with Crippen molar-refractivity contribution >= 4 is 39.7 Å². The first-order valence-corrected chi connectivity index (χ1v) is 10.6. The van der Waals surface area contributed by atoms with Gasteiger partial charge in [-0.2, -0.15) is 8.78 Å². The molecule has 0 saturated heterocycles. The number of anilines is 3. The van der Waals surface area contributed by atoms with E-state index < -0.39 is 30.6 Å². The number of nitrogens with zero attached hydrogens (tertiary/aromatic N) is 2. The molecule has 2 aromatic carbocycles. The smallest absolute Gasteiger partial charge is 0.435 e. The summed E-state index contributed by atoms with van der Waals surface area (Å²) >= 11 is 0.820. The quantitative estimate of drug-likeness (QED) is 0.344. The molecule has 0 aliphatic carbocycles. The number of fused-ring (bicyclic) bond motifs is 1. The van der Waals surface area contributed by atoms with Gasteiger partial charge in [0.25, 0.3) is 0 Å². The zero-order valence-corrected chi connectivity index (χ0v) is 18.5. The number of thiazole rings is 1. The molecule has 4 N–H and O–H groups in total. The van der Waals surface area contributed by atoms with Crippen LogP contribution in [0.3, 0.4) is 0 Å². The lowest BCUT2D eigenvalue weighted by Gasteiger charge is -2.26. The Kier molecular flexibility index (Phi) is 6.15. The molecule has 0 fully saturated rings. The number of alkyl halides is 4. The minimum absolute atomic E-state index is 0.00326. The van der Waals surface area contributed by atoms with Crippen molar-refractivity contribution in [2.75, 3.05) is 10.6 Å². The number of amides is 1. The number of benzene rings is 2. The minimum atomic E-state index is -3.85. The van der Waals surface area contributed by atoms with Crippen LogP contribution in [0, 0.1) is 0 Å². The number of ether oxygens (including phenoxy) is 3. The van der Waals surface area contributed by atoms with Gasteiger partial charge < -0.3 is 30.6 Å². The Morgan fingerprint density at radius 3 is 2.40 bits per heavy atom. The molecule has 1 aliphatic heterocycles.